The second kappa shape index (κ2) is 7.22. The minimum absolute atomic E-state index is 0. The first-order valence-electron chi connectivity index (χ1n) is 6.53. The smallest absolute Gasteiger partial charge is 0.238 e. The Morgan fingerprint density at radius 2 is 2.14 bits per heavy atom. The van der Waals surface area contributed by atoms with Gasteiger partial charge < -0.3 is 10.6 Å². The summed E-state index contributed by atoms with van der Waals surface area (Å²) < 4.78 is 22.9. The highest BCUT2D eigenvalue weighted by Gasteiger charge is 2.21. The van der Waals surface area contributed by atoms with Crippen molar-refractivity contribution in [3.05, 3.63) is 23.8 Å². The van der Waals surface area contributed by atoms with Gasteiger partial charge in [-0.1, -0.05) is 6.07 Å². The second-order valence-electron chi connectivity index (χ2n) is 5.06. The Labute approximate surface area is 130 Å². The summed E-state index contributed by atoms with van der Waals surface area (Å²) in [4.78, 5) is 12.1. The number of hydrogen-bond acceptors (Lipinski definition) is 4. The van der Waals surface area contributed by atoms with Crippen molar-refractivity contribution in [2.75, 3.05) is 18.4 Å². The van der Waals surface area contributed by atoms with Crippen molar-refractivity contribution in [2.45, 2.75) is 24.7 Å². The normalized spacial score (nSPS) is 18.7. The lowest BCUT2D eigenvalue weighted by atomic mass is 9.99. The topological polar surface area (TPSA) is 101 Å². The van der Waals surface area contributed by atoms with Gasteiger partial charge in [-0.2, -0.15) is 0 Å². The quantitative estimate of drug-likeness (QED) is 0.768. The Balaban J connectivity index is 0.00000220. The summed E-state index contributed by atoms with van der Waals surface area (Å²) in [5, 5.41) is 11.1. The molecule has 1 aliphatic rings. The lowest BCUT2D eigenvalue weighted by molar-refractivity contribution is -0.120. The number of carbonyl (C=O) groups is 1. The van der Waals surface area contributed by atoms with E-state index in [2.05, 4.69) is 10.6 Å². The van der Waals surface area contributed by atoms with Crippen LogP contribution in [0.1, 0.15) is 18.4 Å². The number of piperidine rings is 1. The van der Waals surface area contributed by atoms with Gasteiger partial charge in [0.15, 0.2) is 0 Å². The molecule has 4 N–H and O–H groups in total. The van der Waals surface area contributed by atoms with Crippen molar-refractivity contribution in [2.24, 2.45) is 11.1 Å². The number of nitrogens with two attached hydrogens (primary N) is 1. The Morgan fingerprint density at radius 3 is 2.71 bits per heavy atom. The Bertz CT molecular complexity index is 613. The molecular weight excluding hydrogens is 314 g/mol. The highest BCUT2D eigenvalue weighted by molar-refractivity contribution is 7.89. The van der Waals surface area contributed by atoms with E-state index in [1.54, 1.807) is 19.1 Å². The average molecular weight is 334 g/mol. The van der Waals surface area contributed by atoms with Gasteiger partial charge in [-0.15, -0.1) is 12.4 Å². The zero-order valence-electron chi connectivity index (χ0n) is 11.8. The van der Waals surface area contributed by atoms with Crippen molar-refractivity contribution in [1.82, 2.24) is 5.32 Å². The summed E-state index contributed by atoms with van der Waals surface area (Å²) in [6, 6.07) is 4.71. The summed E-state index contributed by atoms with van der Waals surface area (Å²) in [6.45, 7) is 3.25. The first-order chi connectivity index (χ1) is 9.38. The number of primary sulfonamides is 1. The first kappa shape index (κ1) is 17.9. The molecule has 6 nitrogen and oxygen atoms in total. The fraction of sp³-hybridized carbons (Fsp3) is 0.462. The maximum atomic E-state index is 12.1. The highest BCUT2D eigenvalue weighted by Crippen LogP contribution is 2.20. The molecule has 1 fully saturated rings. The van der Waals surface area contributed by atoms with Gasteiger partial charge in [-0.05, 0) is 44.0 Å². The van der Waals surface area contributed by atoms with Gasteiger partial charge in [0.05, 0.1) is 10.8 Å². The number of nitrogens with one attached hydrogen (secondary N) is 2. The van der Waals surface area contributed by atoms with Gasteiger partial charge in [0, 0.05) is 12.2 Å². The van der Waals surface area contributed by atoms with Crippen LogP contribution in [0.5, 0.6) is 0 Å². The minimum atomic E-state index is -3.78. The van der Waals surface area contributed by atoms with E-state index in [4.69, 9.17) is 5.14 Å². The Kier molecular flexibility index (Phi) is 6.15. The number of amides is 1. The van der Waals surface area contributed by atoms with Crippen LogP contribution in [0.25, 0.3) is 0 Å². The first-order valence-corrected chi connectivity index (χ1v) is 8.07. The van der Waals surface area contributed by atoms with Gasteiger partial charge in [-0.25, -0.2) is 13.6 Å². The molecule has 0 aliphatic carbocycles. The predicted molar refractivity (Wildman–Crippen MR) is 84.0 cm³/mol. The Morgan fingerprint density at radius 1 is 1.43 bits per heavy atom. The van der Waals surface area contributed by atoms with Crippen LogP contribution in [0.3, 0.4) is 0 Å². The van der Waals surface area contributed by atoms with Crippen LogP contribution in [0.15, 0.2) is 23.1 Å². The molecule has 1 aromatic rings. The van der Waals surface area contributed by atoms with E-state index in [0.717, 1.165) is 19.4 Å². The van der Waals surface area contributed by atoms with Gasteiger partial charge >= 0.3 is 0 Å². The fourth-order valence-corrected chi connectivity index (χ4v) is 3.11. The van der Waals surface area contributed by atoms with E-state index in [1.807, 2.05) is 0 Å². The molecule has 0 bridgehead atoms. The number of carbonyl (C=O) groups excluding carboxylic acids is 1. The van der Waals surface area contributed by atoms with Crippen molar-refractivity contribution in [3.63, 3.8) is 0 Å². The third-order valence-electron chi connectivity index (χ3n) is 3.43. The lowest BCUT2D eigenvalue weighted by Gasteiger charge is -2.22. The fourth-order valence-electron chi connectivity index (χ4n) is 2.30. The summed E-state index contributed by atoms with van der Waals surface area (Å²) >= 11 is 0. The molecule has 1 aromatic carbocycles. The molecule has 2 rings (SSSR count). The van der Waals surface area contributed by atoms with Crippen molar-refractivity contribution in [1.29, 1.82) is 0 Å². The zero-order chi connectivity index (χ0) is 14.8. The van der Waals surface area contributed by atoms with Gasteiger partial charge in [0.1, 0.15) is 0 Å². The van der Waals surface area contributed by atoms with E-state index in [-0.39, 0.29) is 29.1 Å². The van der Waals surface area contributed by atoms with Crippen molar-refractivity contribution < 1.29 is 13.2 Å². The predicted octanol–water partition coefficient (Wildman–Crippen LogP) is 1.00. The molecule has 0 saturated carbocycles. The monoisotopic (exact) mass is 333 g/mol. The van der Waals surface area contributed by atoms with Crippen LogP contribution in [-0.4, -0.2) is 27.4 Å². The van der Waals surface area contributed by atoms with Crippen LogP contribution < -0.4 is 15.8 Å². The average Bonchev–Trinajstić information content (AvgIpc) is 2.40. The highest BCUT2D eigenvalue weighted by atomic mass is 35.5. The molecule has 118 valence electrons. The van der Waals surface area contributed by atoms with Gasteiger partial charge in [0.25, 0.3) is 0 Å². The molecule has 0 aromatic heterocycles. The molecule has 1 saturated heterocycles. The Hall–Kier alpha value is -1.15. The van der Waals surface area contributed by atoms with Crippen LogP contribution in [0.2, 0.25) is 0 Å². The van der Waals surface area contributed by atoms with E-state index in [0.29, 0.717) is 17.8 Å². The SMILES string of the molecule is Cc1ccc(NC(=O)[C@@H]2CCCNC2)cc1S(N)(=O)=O.Cl. The minimum Gasteiger partial charge on any atom is -0.326 e. The number of anilines is 1. The maximum absolute atomic E-state index is 12.1. The lowest BCUT2D eigenvalue weighted by Crippen LogP contribution is -2.37. The van der Waals surface area contributed by atoms with Crippen LogP contribution in [0, 0.1) is 12.8 Å². The van der Waals surface area contributed by atoms with Gasteiger partial charge in [0.2, 0.25) is 15.9 Å². The zero-order valence-corrected chi connectivity index (χ0v) is 13.4. The van der Waals surface area contributed by atoms with Gasteiger partial charge in [-0.3, -0.25) is 4.79 Å². The van der Waals surface area contributed by atoms with E-state index in [9.17, 15) is 13.2 Å². The molecule has 1 amide bonds. The molecule has 21 heavy (non-hydrogen) atoms. The van der Waals surface area contributed by atoms with E-state index in [1.165, 1.54) is 6.07 Å². The van der Waals surface area contributed by atoms with Crippen molar-refractivity contribution >= 4 is 34.0 Å². The summed E-state index contributed by atoms with van der Waals surface area (Å²) in [5.41, 5.74) is 1.01. The largest absolute Gasteiger partial charge is 0.326 e. The molecule has 0 unspecified atom stereocenters. The number of sulfonamides is 1. The maximum Gasteiger partial charge on any atom is 0.238 e. The number of benzene rings is 1. The third kappa shape index (κ3) is 4.67. The molecule has 1 heterocycles. The van der Waals surface area contributed by atoms with Crippen molar-refractivity contribution in [3.8, 4) is 0 Å². The second-order valence-corrected chi connectivity index (χ2v) is 6.59. The summed E-state index contributed by atoms with van der Waals surface area (Å²) in [5.74, 6) is -0.176. The van der Waals surface area contributed by atoms with Crippen LogP contribution in [0.4, 0.5) is 5.69 Å². The van der Waals surface area contributed by atoms with Crippen LogP contribution >= 0.6 is 12.4 Å². The number of halogens is 1. The van der Waals surface area contributed by atoms with Crippen LogP contribution in [-0.2, 0) is 14.8 Å². The molecule has 8 heteroatoms. The molecular formula is C13H20ClN3O3S. The number of hydrogen-bond donors (Lipinski definition) is 3. The van der Waals surface area contributed by atoms with E-state index < -0.39 is 10.0 Å². The third-order valence-corrected chi connectivity index (χ3v) is 4.48. The summed E-state index contributed by atoms with van der Waals surface area (Å²) in [6.07, 6.45) is 1.81. The molecule has 0 spiro atoms. The molecule has 1 atom stereocenters. The number of aryl methyl sites for hydroxylation is 1. The number of rotatable bonds is 3. The molecule has 1 aliphatic heterocycles. The van der Waals surface area contributed by atoms with E-state index >= 15 is 0 Å². The summed E-state index contributed by atoms with van der Waals surface area (Å²) in [7, 11) is -3.78. The molecule has 0 radical (unpaired) electrons. The standard InChI is InChI=1S/C13H19N3O3S.ClH/c1-9-4-5-11(7-12(9)20(14,18)19)16-13(17)10-3-2-6-15-8-10;/h4-5,7,10,15H,2-3,6,8H2,1H3,(H,16,17)(H2,14,18,19);1H/t10-;/m1./s1.